The van der Waals surface area contributed by atoms with E-state index >= 15 is 0 Å². The summed E-state index contributed by atoms with van der Waals surface area (Å²) >= 11 is 0. The Balaban J connectivity index is 1.99. The zero-order valence-electron chi connectivity index (χ0n) is 11.2. The van der Waals surface area contributed by atoms with Crippen LogP contribution in [0.5, 0.6) is 11.5 Å². The molecular weight excluding hydrogens is 283 g/mol. The summed E-state index contributed by atoms with van der Waals surface area (Å²) in [5, 5.41) is 12.9. The highest BCUT2D eigenvalue weighted by molar-refractivity contribution is 5.48. The molecule has 2 aromatic rings. The van der Waals surface area contributed by atoms with Crippen molar-refractivity contribution in [1.29, 1.82) is 0 Å². The molecule has 0 saturated carbocycles. The molecule has 21 heavy (non-hydrogen) atoms. The van der Waals surface area contributed by atoms with Crippen molar-refractivity contribution >= 4 is 5.69 Å². The first kappa shape index (κ1) is 15.0. The van der Waals surface area contributed by atoms with Gasteiger partial charge in [-0.15, -0.1) is 13.2 Å². The lowest BCUT2D eigenvalue weighted by Gasteiger charge is -2.11. The van der Waals surface area contributed by atoms with E-state index in [0.29, 0.717) is 17.8 Å². The van der Waals surface area contributed by atoms with Gasteiger partial charge in [-0.1, -0.05) is 18.2 Å². The van der Waals surface area contributed by atoms with E-state index in [-0.39, 0.29) is 11.5 Å². The van der Waals surface area contributed by atoms with E-state index in [1.807, 2.05) is 6.07 Å². The molecule has 0 atom stereocenters. The number of hydrogen-bond acceptors (Lipinski definition) is 3. The summed E-state index contributed by atoms with van der Waals surface area (Å²) < 4.78 is 39.9. The summed E-state index contributed by atoms with van der Waals surface area (Å²) in [6, 6.07) is 10.8. The number of ether oxygens (including phenoxy) is 1. The van der Waals surface area contributed by atoms with E-state index in [0.717, 1.165) is 5.56 Å². The first-order chi connectivity index (χ1) is 9.85. The molecule has 0 spiro atoms. The molecule has 112 valence electrons. The van der Waals surface area contributed by atoms with Crippen LogP contribution in [0.3, 0.4) is 0 Å². The number of halogens is 3. The minimum atomic E-state index is -4.69. The van der Waals surface area contributed by atoms with Crippen molar-refractivity contribution in [3.63, 3.8) is 0 Å². The predicted molar refractivity (Wildman–Crippen MR) is 73.3 cm³/mol. The Morgan fingerprint density at radius 1 is 1.10 bits per heavy atom. The average Bonchev–Trinajstić information content (AvgIpc) is 2.40. The Bertz CT molecular complexity index is 609. The third-order valence-electron chi connectivity index (χ3n) is 2.89. The van der Waals surface area contributed by atoms with Gasteiger partial charge in [0.15, 0.2) is 0 Å². The van der Waals surface area contributed by atoms with Crippen LogP contribution in [0.4, 0.5) is 18.9 Å². The zero-order chi connectivity index (χ0) is 15.5. The molecule has 0 fully saturated rings. The number of aromatic hydroxyl groups is 1. The van der Waals surface area contributed by atoms with Crippen molar-refractivity contribution in [3.8, 4) is 11.5 Å². The van der Waals surface area contributed by atoms with Crippen LogP contribution < -0.4 is 10.1 Å². The van der Waals surface area contributed by atoms with Crippen LogP contribution in [-0.4, -0.2) is 11.5 Å². The monoisotopic (exact) mass is 297 g/mol. The molecule has 3 nitrogen and oxygen atoms in total. The van der Waals surface area contributed by atoms with Crippen LogP contribution in [0.25, 0.3) is 0 Å². The Hall–Kier alpha value is -2.37. The maximum atomic E-state index is 12.0. The van der Waals surface area contributed by atoms with Gasteiger partial charge in [-0.05, 0) is 36.8 Å². The number of hydrogen-bond donors (Lipinski definition) is 2. The second kappa shape index (κ2) is 5.95. The van der Waals surface area contributed by atoms with Gasteiger partial charge in [0.05, 0.1) is 0 Å². The molecule has 0 saturated heterocycles. The molecule has 0 unspecified atom stereocenters. The summed E-state index contributed by atoms with van der Waals surface area (Å²) in [5.41, 5.74) is 2.11. The lowest BCUT2D eigenvalue weighted by molar-refractivity contribution is -0.274. The molecule has 0 radical (unpaired) electrons. The molecule has 2 aromatic carbocycles. The highest BCUT2D eigenvalue weighted by Gasteiger charge is 2.30. The first-order valence-corrected chi connectivity index (χ1v) is 6.22. The summed E-state index contributed by atoms with van der Waals surface area (Å²) in [5.74, 6) is -0.0616. The highest BCUT2D eigenvalue weighted by Crippen LogP contribution is 2.25. The largest absolute Gasteiger partial charge is 0.573 e. The fraction of sp³-hybridized carbons (Fsp3) is 0.200. The Morgan fingerprint density at radius 2 is 1.76 bits per heavy atom. The minimum Gasteiger partial charge on any atom is -0.507 e. The molecule has 0 amide bonds. The minimum absolute atomic E-state index is 0.210. The van der Waals surface area contributed by atoms with Crippen LogP contribution in [0, 0.1) is 6.92 Å². The van der Waals surface area contributed by atoms with Gasteiger partial charge in [-0.2, -0.15) is 0 Å². The standard InChI is InChI=1S/C15H14F3NO2/c1-10-3-2-4-11(14(10)20)9-19-12-5-7-13(8-6-12)21-15(16,17)18/h2-8,19-20H,9H2,1H3. The first-order valence-electron chi connectivity index (χ1n) is 6.22. The van der Waals surface area contributed by atoms with Gasteiger partial charge in [0.1, 0.15) is 11.5 Å². The van der Waals surface area contributed by atoms with E-state index in [1.54, 1.807) is 19.1 Å². The number of rotatable bonds is 4. The summed E-state index contributed by atoms with van der Waals surface area (Å²) in [4.78, 5) is 0. The SMILES string of the molecule is Cc1cccc(CNc2ccc(OC(F)(F)F)cc2)c1O. The number of alkyl halides is 3. The van der Waals surface area contributed by atoms with Crippen LogP contribution in [0.15, 0.2) is 42.5 Å². The van der Waals surface area contributed by atoms with Crippen LogP contribution >= 0.6 is 0 Å². The van der Waals surface area contributed by atoms with Gasteiger partial charge in [0, 0.05) is 17.8 Å². The van der Waals surface area contributed by atoms with Crippen LogP contribution in [0.2, 0.25) is 0 Å². The highest BCUT2D eigenvalue weighted by atomic mass is 19.4. The van der Waals surface area contributed by atoms with Gasteiger partial charge >= 0.3 is 6.36 Å². The molecule has 0 bridgehead atoms. The maximum Gasteiger partial charge on any atom is 0.573 e. The molecule has 2 N–H and O–H groups in total. The molecule has 6 heteroatoms. The average molecular weight is 297 g/mol. The van der Waals surface area contributed by atoms with Gasteiger partial charge in [-0.3, -0.25) is 0 Å². The quantitative estimate of drug-likeness (QED) is 0.888. The number of benzene rings is 2. The molecule has 0 aliphatic heterocycles. The van der Waals surface area contributed by atoms with Gasteiger partial charge in [-0.25, -0.2) is 0 Å². The molecule has 0 aliphatic carbocycles. The normalized spacial score (nSPS) is 11.2. The predicted octanol–water partition coefficient (Wildman–Crippen LogP) is 4.21. The van der Waals surface area contributed by atoms with Crippen molar-refractivity contribution in [3.05, 3.63) is 53.6 Å². The smallest absolute Gasteiger partial charge is 0.507 e. The third kappa shape index (κ3) is 4.30. The van der Waals surface area contributed by atoms with Crippen molar-refractivity contribution in [2.45, 2.75) is 19.8 Å². The van der Waals surface area contributed by atoms with Crippen LogP contribution in [-0.2, 0) is 6.54 Å². The Labute approximate surface area is 120 Å². The fourth-order valence-electron chi connectivity index (χ4n) is 1.83. The van der Waals surface area contributed by atoms with Crippen LogP contribution in [0.1, 0.15) is 11.1 Å². The maximum absolute atomic E-state index is 12.0. The van der Waals surface area contributed by atoms with E-state index < -0.39 is 6.36 Å². The van der Waals surface area contributed by atoms with E-state index in [2.05, 4.69) is 10.1 Å². The van der Waals surface area contributed by atoms with Gasteiger partial charge in [0.25, 0.3) is 0 Å². The van der Waals surface area contributed by atoms with Crippen molar-refractivity contribution in [1.82, 2.24) is 0 Å². The van der Waals surface area contributed by atoms with E-state index in [4.69, 9.17) is 0 Å². The molecule has 0 aliphatic rings. The number of phenols is 1. The van der Waals surface area contributed by atoms with Crippen molar-refractivity contribution < 1.29 is 23.0 Å². The van der Waals surface area contributed by atoms with Crippen molar-refractivity contribution in [2.75, 3.05) is 5.32 Å². The second-order valence-electron chi connectivity index (χ2n) is 4.51. The lowest BCUT2D eigenvalue weighted by atomic mass is 10.1. The Morgan fingerprint density at radius 3 is 2.38 bits per heavy atom. The summed E-state index contributed by atoms with van der Waals surface area (Å²) in [6.45, 7) is 2.16. The lowest BCUT2D eigenvalue weighted by Crippen LogP contribution is -2.17. The van der Waals surface area contributed by atoms with Gasteiger partial charge in [0.2, 0.25) is 0 Å². The number of nitrogens with one attached hydrogen (secondary N) is 1. The molecule has 2 rings (SSSR count). The summed E-state index contributed by atoms with van der Waals surface area (Å²) in [6.07, 6.45) is -4.69. The number of phenolic OH excluding ortho intramolecular Hbond substituents is 1. The third-order valence-corrected chi connectivity index (χ3v) is 2.89. The number of aryl methyl sites for hydroxylation is 1. The van der Waals surface area contributed by atoms with Crippen molar-refractivity contribution in [2.24, 2.45) is 0 Å². The number of anilines is 1. The second-order valence-corrected chi connectivity index (χ2v) is 4.51. The molecule has 0 heterocycles. The summed E-state index contributed by atoms with van der Waals surface area (Å²) in [7, 11) is 0. The zero-order valence-corrected chi connectivity index (χ0v) is 11.2. The molecular formula is C15H14F3NO2. The number of para-hydroxylation sites is 1. The fourth-order valence-corrected chi connectivity index (χ4v) is 1.83. The molecule has 0 aromatic heterocycles. The van der Waals surface area contributed by atoms with E-state index in [1.165, 1.54) is 24.3 Å². The van der Waals surface area contributed by atoms with Gasteiger partial charge < -0.3 is 15.2 Å². The Kier molecular flexibility index (Phi) is 4.26. The van der Waals surface area contributed by atoms with E-state index in [9.17, 15) is 18.3 Å². The topological polar surface area (TPSA) is 41.5 Å².